The Bertz CT molecular complexity index is 774. The lowest BCUT2D eigenvalue weighted by Gasteiger charge is -2.08. The lowest BCUT2D eigenvalue weighted by molar-refractivity contribution is 0.102. The second kappa shape index (κ2) is 5.38. The minimum Gasteiger partial charge on any atom is -0.319 e. The maximum absolute atomic E-state index is 12.1. The lowest BCUT2D eigenvalue weighted by Crippen LogP contribution is -2.13. The van der Waals surface area contributed by atoms with E-state index in [1.54, 1.807) is 36.8 Å². The van der Waals surface area contributed by atoms with Crippen molar-refractivity contribution in [3.63, 3.8) is 0 Å². The predicted octanol–water partition coefficient (Wildman–Crippen LogP) is 3.64. The molecular formula is C15H10BrN3O. The Morgan fingerprint density at radius 1 is 1.05 bits per heavy atom. The first-order valence-electron chi connectivity index (χ1n) is 6.00. The highest BCUT2D eigenvalue weighted by atomic mass is 79.9. The van der Waals surface area contributed by atoms with Crippen LogP contribution in [0, 0.1) is 0 Å². The first kappa shape index (κ1) is 12.7. The summed E-state index contributed by atoms with van der Waals surface area (Å²) in [7, 11) is 0. The Hall–Kier alpha value is -2.27. The largest absolute Gasteiger partial charge is 0.319 e. The van der Waals surface area contributed by atoms with Crippen LogP contribution in [0.25, 0.3) is 10.8 Å². The number of hydrogen-bond donors (Lipinski definition) is 1. The first-order valence-corrected chi connectivity index (χ1v) is 6.79. The second-order valence-corrected chi connectivity index (χ2v) is 5.05. The van der Waals surface area contributed by atoms with Gasteiger partial charge in [-0.25, -0.2) is 0 Å². The van der Waals surface area contributed by atoms with Crippen molar-refractivity contribution in [3.8, 4) is 0 Å². The van der Waals surface area contributed by atoms with Gasteiger partial charge in [0.05, 0.1) is 11.9 Å². The fourth-order valence-corrected chi connectivity index (χ4v) is 2.41. The number of nitrogens with zero attached hydrogens (tertiary/aromatic N) is 2. The van der Waals surface area contributed by atoms with Crippen molar-refractivity contribution in [1.29, 1.82) is 0 Å². The van der Waals surface area contributed by atoms with Gasteiger partial charge in [0, 0.05) is 27.6 Å². The number of carbonyl (C=O) groups is 1. The number of fused-ring (bicyclic) bond motifs is 1. The van der Waals surface area contributed by atoms with Crippen molar-refractivity contribution in [3.05, 3.63) is 65.2 Å². The summed E-state index contributed by atoms with van der Waals surface area (Å²) in [6, 6.07) is 11.0. The average Bonchev–Trinajstić information content (AvgIpc) is 2.49. The van der Waals surface area contributed by atoms with Gasteiger partial charge in [0.2, 0.25) is 0 Å². The van der Waals surface area contributed by atoms with Crippen LogP contribution < -0.4 is 5.32 Å². The average molecular weight is 328 g/mol. The van der Waals surface area contributed by atoms with Crippen LogP contribution in [-0.2, 0) is 0 Å². The smallest absolute Gasteiger partial charge is 0.274 e. The van der Waals surface area contributed by atoms with Crippen LogP contribution >= 0.6 is 15.9 Å². The zero-order chi connectivity index (χ0) is 13.9. The minimum atomic E-state index is -0.250. The van der Waals surface area contributed by atoms with Crippen LogP contribution in [0.4, 0.5) is 5.69 Å². The molecule has 0 unspecified atom stereocenters. The summed E-state index contributed by atoms with van der Waals surface area (Å²) < 4.78 is 0.941. The summed E-state index contributed by atoms with van der Waals surface area (Å²) in [6.45, 7) is 0. The fourth-order valence-electron chi connectivity index (χ4n) is 1.94. The summed E-state index contributed by atoms with van der Waals surface area (Å²) in [5.41, 5.74) is 1.04. The zero-order valence-electron chi connectivity index (χ0n) is 10.4. The maximum Gasteiger partial charge on any atom is 0.274 e. The number of halogens is 1. The van der Waals surface area contributed by atoms with Crippen molar-refractivity contribution >= 4 is 38.3 Å². The van der Waals surface area contributed by atoms with Gasteiger partial charge in [0.25, 0.3) is 5.91 Å². The van der Waals surface area contributed by atoms with E-state index in [0.29, 0.717) is 11.4 Å². The Kier molecular flexibility index (Phi) is 3.43. The molecule has 0 aliphatic rings. The minimum absolute atomic E-state index is 0.250. The Morgan fingerprint density at radius 3 is 2.75 bits per heavy atom. The number of aromatic nitrogens is 2. The maximum atomic E-state index is 12.1. The van der Waals surface area contributed by atoms with Crippen LogP contribution in [0.1, 0.15) is 10.5 Å². The van der Waals surface area contributed by atoms with Gasteiger partial charge in [0.1, 0.15) is 5.69 Å². The molecule has 0 saturated heterocycles. The van der Waals surface area contributed by atoms with E-state index in [4.69, 9.17) is 0 Å². The van der Waals surface area contributed by atoms with Crippen molar-refractivity contribution in [1.82, 2.24) is 9.97 Å². The van der Waals surface area contributed by atoms with Gasteiger partial charge in [-0.2, -0.15) is 0 Å². The van der Waals surface area contributed by atoms with E-state index >= 15 is 0 Å². The van der Waals surface area contributed by atoms with E-state index in [1.165, 1.54) is 0 Å². The summed E-state index contributed by atoms with van der Waals surface area (Å²) >= 11 is 3.48. The molecule has 98 valence electrons. The number of anilines is 1. The van der Waals surface area contributed by atoms with Crippen molar-refractivity contribution in [2.75, 3.05) is 5.32 Å². The molecule has 1 amide bonds. The number of carbonyl (C=O) groups excluding carboxylic acids is 1. The Balaban J connectivity index is 2.00. The third-order valence-electron chi connectivity index (χ3n) is 2.90. The Morgan fingerprint density at radius 2 is 1.95 bits per heavy atom. The highest BCUT2D eigenvalue weighted by molar-refractivity contribution is 9.10. The molecule has 0 aliphatic heterocycles. The molecule has 0 atom stereocenters. The third kappa shape index (κ3) is 2.40. The molecule has 0 aliphatic carbocycles. The fraction of sp³-hybridized carbons (Fsp3) is 0. The topological polar surface area (TPSA) is 54.9 Å². The molecule has 2 aromatic heterocycles. The standard InChI is InChI=1S/C15H10BrN3O/c16-12-5-3-4-10-11(12)8-17-9-14(10)19-15(20)13-6-1-2-7-18-13/h1-9H,(H,19,20). The van der Waals surface area contributed by atoms with Gasteiger partial charge in [-0.15, -0.1) is 0 Å². The van der Waals surface area contributed by atoms with Gasteiger partial charge in [-0.05, 0) is 18.2 Å². The molecule has 0 spiro atoms. The third-order valence-corrected chi connectivity index (χ3v) is 3.59. The monoisotopic (exact) mass is 327 g/mol. The SMILES string of the molecule is O=C(Nc1cncc2c(Br)cccc12)c1ccccn1. The van der Waals surface area contributed by atoms with Crippen molar-refractivity contribution in [2.24, 2.45) is 0 Å². The number of nitrogens with one attached hydrogen (secondary N) is 1. The highest BCUT2D eigenvalue weighted by Gasteiger charge is 2.10. The summed E-state index contributed by atoms with van der Waals surface area (Å²) in [6.07, 6.45) is 4.98. The molecule has 2 heterocycles. The molecule has 0 bridgehead atoms. The van der Waals surface area contributed by atoms with Gasteiger partial charge >= 0.3 is 0 Å². The van der Waals surface area contributed by atoms with Crippen LogP contribution in [-0.4, -0.2) is 15.9 Å². The molecule has 0 fully saturated rings. The number of rotatable bonds is 2. The van der Waals surface area contributed by atoms with Gasteiger partial charge in [-0.3, -0.25) is 14.8 Å². The number of benzene rings is 1. The van der Waals surface area contributed by atoms with E-state index in [2.05, 4.69) is 31.2 Å². The molecule has 20 heavy (non-hydrogen) atoms. The molecule has 3 rings (SSSR count). The van der Waals surface area contributed by atoms with Gasteiger partial charge < -0.3 is 5.32 Å². The van der Waals surface area contributed by atoms with Gasteiger partial charge in [0.15, 0.2) is 0 Å². The van der Waals surface area contributed by atoms with E-state index in [1.807, 2.05) is 18.2 Å². The number of hydrogen-bond acceptors (Lipinski definition) is 3. The van der Waals surface area contributed by atoms with Crippen molar-refractivity contribution in [2.45, 2.75) is 0 Å². The van der Waals surface area contributed by atoms with Crippen molar-refractivity contribution < 1.29 is 4.79 Å². The van der Waals surface area contributed by atoms with Gasteiger partial charge in [-0.1, -0.05) is 34.1 Å². The molecule has 1 N–H and O–H groups in total. The van der Waals surface area contributed by atoms with Crippen LogP contribution in [0.3, 0.4) is 0 Å². The highest BCUT2D eigenvalue weighted by Crippen LogP contribution is 2.28. The van der Waals surface area contributed by atoms with Crippen LogP contribution in [0.2, 0.25) is 0 Å². The molecular weight excluding hydrogens is 318 g/mol. The molecule has 0 saturated carbocycles. The second-order valence-electron chi connectivity index (χ2n) is 4.19. The van der Waals surface area contributed by atoms with E-state index in [9.17, 15) is 4.79 Å². The quantitative estimate of drug-likeness (QED) is 0.781. The summed E-state index contributed by atoms with van der Waals surface area (Å²) in [4.78, 5) is 20.3. The van der Waals surface area contributed by atoms with Crippen LogP contribution in [0.5, 0.6) is 0 Å². The zero-order valence-corrected chi connectivity index (χ0v) is 12.0. The lowest BCUT2D eigenvalue weighted by atomic mass is 10.1. The number of pyridine rings is 2. The summed E-state index contributed by atoms with van der Waals surface area (Å²) in [5, 5.41) is 4.72. The summed E-state index contributed by atoms with van der Waals surface area (Å²) in [5.74, 6) is -0.250. The first-order chi connectivity index (χ1) is 9.75. The molecule has 1 aromatic carbocycles. The molecule has 0 radical (unpaired) electrons. The molecule has 5 heteroatoms. The Labute approximate surface area is 124 Å². The van der Waals surface area contributed by atoms with E-state index < -0.39 is 0 Å². The molecule has 3 aromatic rings. The normalized spacial score (nSPS) is 10.4. The predicted molar refractivity (Wildman–Crippen MR) is 81.6 cm³/mol. The van der Waals surface area contributed by atoms with E-state index in [-0.39, 0.29) is 5.91 Å². The van der Waals surface area contributed by atoms with E-state index in [0.717, 1.165) is 15.2 Å². The van der Waals surface area contributed by atoms with Crippen LogP contribution in [0.15, 0.2) is 59.5 Å². The molecule has 4 nitrogen and oxygen atoms in total. The number of amides is 1.